The Morgan fingerprint density at radius 3 is 2.91 bits per heavy atom. The van der Waals surface area contributed by atoms with Gasteiger partial charge >= 0.3 is 5.97 Å². The third-order valence-electron chi connectivity index (χ3n) is 3.12. The number of hydrogen-bond donors (Lipinski definition) is 2. The van der Waals surface area contributed by atoms with E-state index in [1.165, 1.54) is 11.3 Å². The van der Waals surface area contributed by atoms with Crippen molar-refractivity contribution < 1.29 is 15.0 Å². The molecule has 0 fully saturated rings. The molecule has 1 aromatic heterocycles. The number of aliphatic imine (C=N–C) groups is 1. The van der Waals surface area contributed by atoms with E-state index in [0.29, 0.717) is 16.4 Å². The topological polar surface area (TPSA) is 82.8 Å². The zero-order chi connectivity index (χ0) is 15.5. The van der Waals surface area contributed by atoms with Crippen LogP contribution in [0.4, 0.5) is 5.13 Å². The number of nitrogens with zero attached hydrogens (tertiary/aromatic N) is 2. The van der Waals surface area contributed by atoms with Gasteiger partial charge in [-0.05, 0) is 16.8 Å². The van der Waals surface area contributed by atoms with Crippen LogP contribution in [0.5, 0.6) is 5.75 Å². The van der Waals surface area contributed by atoms with Gasteiger partial charge in [0.15, 0.2) is 0 Å². The second-order valence-electron chi connectivity index (χ2n) is 4.67. The van der Waals surface area contributed by atoms with Crippen molar-refractivity contribution in [3.63, 3.8) is 0 Å². The number of carboxylic acid groups (broad SMARTS) is 1. The Hall–Kier alpha value is -2.73. The van der Waals surface area contributed by atoms with Crippen LogP contribution < -0.4 is 0 Å². The zero-order valence-corrected chi connectivity index (χ0v) is 12.2. The molecule has 6 heteroatoms. The highest BCUT2D eigenvalue weighted by molar-refractivity contribution is 7.13. The number of phenols is 1. The SMILES string of the molecule is O=C(O)Cc1csc(/N=C/c2c(O)ccc3ccccc23)n1. The number of carboxylic acids is 1. The average molecular weight is 312 g/mol. The van der Waals surface area contributed by atoms with E-state index in [9.17, 15) is 9.90 Å². The molecule has 2 aromatic carbocycles. The molecule has 0 aliphatic rings. The maximum atomic E-state index is 10.6. The number of aromatic nitrogens is 1. The summed E-state index contributed by atoms with van der Waals surface area (Å²) in [4.78, 5) is 19.0. The Morgan fingerprint density at radius 2 is 2.09 bits per heavy atom. The molecule has 0 saturated heterocycles. The summed E-state index contributed by atoms with van der Waals surface area (Å²) in [7, 11) is 0. The minimum absolute atomic E-state index is 0.120. The van der Waals surface area contributed by atoms with Gasteiger partial charge in [-0.25, -0.2) is 9.98 Å². The number of fused-ring (bicyclic) bond motifs is 1. The van der Waals surface area contributed by atoms with E-state index in [-0.39, 0.29) is 12.2 Å². The predicted octanol–water partition coefficient (Wildman–Crippen LogP) is 3.38. The standard InChI is InChI=1S/C16H12N2O3S/c19-14-6-5-10-3-1-2-4-12(10)13(14)8-17-16-18-11(9-22-16)7-15(20)21/h1-6,8-9,19H,7H2,(H,20,21)/b17-8+. The summed E-state index contributed by atoms with van der Waals surface area (Å²) < 4.78 is 0. The summed E-state index contributed by atoms with van der Waals surface area (Å²) in [6, 6.07) is 11.2. The fourth-order valence-corrected chi connectivity index (χ4v) is 2.79. The molecule has 5 nitrogen and oxygen atoms in total. The molecule has 0 radical (unpaired) electrons. The van der Waals surface area contributed by atoms with Crippen LogP contribution >= 0.6 is 11.3 Å². The van der Waals surface area contributed by atoms with Gasteiger partial charge in [-0.3, -0.25) is 4.79 Å². The Labute approximate surface area is 130 Å². The molecule has 0 bridgehead atoms. The monoisotopic (exact) mass is 312 g/mol. The van der Waals surface area contributed by atoms with E-state index < -0.39 is 5.97 Å². The van der Waals surface area contributed by atoms with Crippen molar-refractivity contribution in [2.24, 2.45) is 4.99 Å². The molecule has 0 saturated carbocycles. The van der Waals surface area contributed by atoms with Gasteiger partial charge in [0.1, 0.15) is 5.75 Å². The van der Waals surface area contributed by atoms with E-state index in [1.807, 2.05) is 30.3 Å². The number of rotatable bonds is 4. The molecule has 22 heavy (non-hydrogen) atoms. The number of phenolic OH excluding ortho intramolecular Hbond substituents is 1. The minimum Gasteiger partial charge on any atom is -0.507 e. The molecule has 0 amide bonds. The van der Waals surface area contributed by atoms with Crippen molar-refractivity contribution in [1.29, 1.82) is 0 Å². The lowest BCUT2D eigenvalue weighted by atomic mass is 10.0. The maximum absolute atomic E-state index is 10.6. The summed E-state index contributed by atoms with van der Waals surface area (Å²) in [6.45, 7) is 0. The van der Waals surface area contributed by atoms with Crippen molar-refractivity contribution in [3.8, 4) is 5.75 Å². The van der Waals surface area contributed by atoms with Gasteiger partial charge in [0.2, 0.25) is 5.13 Å². The first-order valence-corrected chi connectivity index (χ1v) is 7.42. The average Bonchev–Trinajstić information content (AvgIpc) is 2.93. The quantitative estimate of drug-likeness (QED) is 0.723. The van der Waals surface area contributed by atoms with Gasteiger partial charge in [0, 0.05) is 17.2 Å². The summed E-state index contributed by atoms with van der Waals surface area (Å²) in [6.07, 6.45) is 1.44. The van der Waals surface area contributed by atoms with E-state index in [1.54, 1.807) is 17.7 Å². The van der Waals surface area contributed by atoms with Gasteiger partial charge < -0.3 is 10.2 Å². The Kier molecular flexibility index (Phi) is 3.84. The third-order valence-corrected chi connectivity index (χ3v) is 3.92. The first-order valence-electron chi connectivity index (χ1n) is 6.54. The smallest absolute Gasteiger partial charge is 0.309 e. The van der Waals surface area contributed by atoms with Crippen LogP contribution in [0, 0.1) is 0 Å². The summed E-state index contributed by atoms with van der Waals surface area (Å²) in [5.41, 5.74) is 1.10. The summed E-state index contributed by atoms with van der Waals surface area (Å²) in [5.74, 6) is -0.780. The molecule has 0 unspecified atom stereocenters. The Balaban J connectivity index is 1.94. The number of aromatic hydroxyl groups is 1. The van der Waals surface area contributed by atoms with Crippen molar-refractivity contribution in [2.75, 3.05) is 0 Å². The summed E-state index contributed by atoms with van der Waals surface area (Å²) in [5, 5.41) is 22.8. The van der Waals surface area contributed by atoms with Crippen LogP contribution in [0.25, 0.3) is 10.8 Å². The zero-order valence-electron chi connectivity index (χ0n) is 11.4. The second kappa shape index (κ2) is 5.95. The second-order valence-corrected chi connectivity index (χ2v) is 5.51. The fourth-order valence-electron chi connectivity index (χ4n) is 2.13. The van der Waals surface area contributed by atoms with Crippen LogP contribution in [-0.4, -0.2) is 27.4 Å². The highest BCUT2D eigenvalue weighted by atomic mass is 32.1. The number of carbonyl (C=O) groups is 1. The van der Waals surface area contributed by atoms with Crippen LogP contribution in [0.2, 0.25) is 0 Å². The van der Waals surface area contributed by atoms with Crippen molar-refractivity contribution in [2.45, 2.75) is 6.42 Å². The first kappa shape index (κ1) is 14.2. The lowest BCUT2D eigenvalue weighted by Gasteiger charge is -2.04. The molecule has 1 heterocycles. The van der Waals surface area contributed by atoms with Crippen molar-refractivity contribution in [1.82, 2.24) is 4.98 Å². The maximum Gasteiger partial charge on any atom is 0.309 e. The normalized spacial score (nSPS) is 11.3. The molecule has 0 aliphatic heterocycles. The van der Waals surface area contributed by atoms with E-state index >= 15 is 0 Å². The molecule has 2 N–H and O–H groups in total. The largest absolute Gasteiger partial charge is 0.507 e. The van der Waals surface area contributed by atoms with Gasteiger partial charge in [0.05, 0.1) is 12.1 Å². The molecule has 0 spiro atoms. The molecule has 0 atom stereocenters. The highest BCUT2D eigenvalue weighted by Crippen LogP contribution is 2.27. The Morgan fingerprint density at radius 1 is 1.27 bits per heavy atom. The molecule has 3 rings (SSSR count). The fraction of sp³-hybridized carbons (Fsp3) is 0.0625. The Bertz CT molecular complexity index is 871. The van der Waals surface area contributed by atoms with Crippen LogP contribution in [0.15, 0.2) is 46.8 Å². The number of aliphatic carboxylic acids is 1. The predicted molar refractivity (Wildman–Crippen MR) is 86.3 cm³/mol. The highest BCUT2D eigenvalue weighted by Gasteiger charge is 2.07. The molecular weight excluding hydrogens is 300 g/mol. The van der Waals surface area contributed by atoms with E-state index in [2.05, 4.69) is 9.98 Å². The lowest BCUT2D eigenvalue weighted by Crippen LogP contribution is -1.99. The van der Waals surface area contributed by atoms with E-state index in [0.717, 1.165) is 10.8 Å². The number of thiazole rings is 1. The van der Waals surface area contributed by atoms with Gasteiger partial charge in [-0.2, -0.15) is 0 Å². The third kappa shape index (κ3) is 2.96. The van der Waals surface area contributed by atoms with Crippen LogP contribution in [0.1, 0.15) is 11.3 Å². The van der Waals surface area contributed by atoms with Crippen molar-refractivity contribution >= 4 is 39.4 Å². The molecular formula is C16H12N2O3S. The molecule has 3 aromatic rings. The first-order chi connectivity index (χ1) is 10.6. The van der Waals surface area contributed by atoms with Gasteiger partial charge in [0.25, 0.3) is 0 Å². The minimum atomic E-state index is -0.924. The van der Waals surface area contributed by atoms with Gasteiger partial charge in [-0.15, -0.1) is 11.3 Å². The number of hydrogen-bond acceptors (Lipinski definition) is 5. The summed E-state index contributed by atoms with van der Waals surface area (Å²) >= 11 is 1.27. The van der Waals surface area contributed by atoms with Crippen LogP contribution in [-0.2, 0) is 11.2 Å². The van der Waals surface area contributed by atoms with E-state index in [4.69, 9.17) is 5.11 Å². The van der Waals surface area contributed by atoms with Crippen molar-refractivity contribution in [3.05, 3.63) is 53.0 Å². The van der Waals surface area contributed by atoms with Gasteiger partial charge in [-0.1, -0.05) is 30.3 Å². The number of benzene rings is 2. The van der Waals surface area contributed by atoms with Crippen LogP contribution in [0.3, 0.4) is 0 Å². The molecule has 110 valence electrons. The lowest BCUT2D eigenvalue weighted by molar-refractivity contribution is -0.136. The molecule has 0 aliphatic carbocycles.